The van der Waals surface area contributed by atoms with Gasteiger partial charge in [0.2, 0.25) is 0 Å². The van der Waals surface area contributed by atoms with E-state index in [1.807, 2.05) is 48.7 Å². The first kappa shape index (κ1) is 20.1. The molecule has 0 saturated heterocycles. The number of rotatable bonds is 3. The second kappa shape index (κ2) is 7.78. The van der Waals surface area contributed by atoms with Crippen LogP contribution in [-0.4, -0.2) is 21.6 Å². The molecule has 0 saturated carbocycles. The third kappa shape index (κ3) is 3.19. The molecule has 0 amide bonds. The van der Waals surface area contributed by atoms with Crippen LogP contribution < -0.4 is 10.3 Å². The minimum absolute atomic E-state index is 0.0719. The number of ether oxygens (including phenoxy) is 1. The smallest absolute Gasteiger partial charge is 0.255 e. The standard InChI is InChI=1S/C28H18FN3O2/c1-34-26-14-21(8-9-23(26)29)32-27(33)11-7-19-15-31-25-10-6-17(13-22(25)28(19)32)20-12-18-4-2-3-5-24(18)30-16-20/h2-16H,1H3. The van der Waals surface area contributed by atoms with E-state index in [0.29, 0.717) is 11.2 Å². The third-order valence-corrected chi connectivity index (χ3v) is 6.03. The summed E-state index contributed by atoms with van der Waals surface area (Å²) < 4.78 is 20.8. The molecule has 3 heterocycles. The molecule has 0 atom stereocenters. The summed E-state index contributed by atoms with van der Waals surface area (Å²) in [5.41, 5.74) is 4.58. The van der Waals surface area contributed by atoms with Gasteiger partial charge in [-0.05, 0) is 48.0 Å². The summed E-state index contributed by atoms with van der Waals surface area (Å²) in [5.74, 6) is -0.417. The van der Waals surface area contributed by atoms with Gasteiger partial charge in [0, 0.05) is 46.2 Å². The van der Waals surface area contributed by atoms with E-state index in [9.17, 15) is 9.18 Å². The SMILES string of the molecule is COc1cc(-n2c(=O)ccc3cnc4ccc(-c5cnc6ccccc6c5)cc4c32)ccc1F. The number of hydrogen-bond donors (Lipinski definition) is 0. The Labute approximate surface area is 193 Å². The van der Waals surface area contributed by atoms with Crippen LogP contribution in [-0.2, 0) is 0 Å². The van der Waals surface area contributed by atoms with Gasteiger partial charge in [-0.1, -0.05) is 24.3 Å². The highest BCUT2D eigenvalue weighted by atomic mass is 19.1. The van der Waals surface area contributed by atoms with Gasteiger partial charge < -0.3 is 4.74 Å². The van der Waals surface area contributed by atoms with Crippen LogP contribution >= 0.6 is 0 Å². The molecule has 0 radical (unpaired) electrons. The molecule has 0 N–H and O–H groups in total. The van der Waals surface area contributed by atoms with Crippen LogP contribution in [0, 0.1) is 5.82 Å². The minimum atomic E-state index is -0.489. The summed E-state index contributed by atoms with van der Waals surface area (Å²) in [5, 5.41) is 2.65. The molecule has 6 rings (SSSR count). The maximum absolute atomic E-state index is 14.1. The Morgan fingerprint density at radius 1 is 0.794 bits per heavy atom. The maximum Gasteiger partial charge on any atom is 0.255 e. The van der Waals surface area contributed by atoms with Crippen molar-refractivity contribution in [2.24, 2.45) is 0 Å². The van der Waals surface area contributed by atoms with Crippen molar-refractivity contribution >= 4 is 32.7 Å². The van der Waals surface area contributed by atoms with Crippen molar-refractivity contribution < 1.29 is 9.13 Å². The molecule has 0 aliphatic rings. The van der Waals surface area contributed by atoms with E-state index in [0.717, 1.165) is 38.3 Å². The Balaban J connectivity index is 1.65. The highest BCUT2D eigenvalue weighted by molar-refractivity contribution is 6.05. The summed E-state index contributed by atoms with van der Waals surface area (Å²) in [4.78, 5) is 22.2. The van der Waals surface area contributed by atoms with E-state index in [2.05, 4.69) is 16.0 Å². The van der Waals surface area contributed by atoms with Gasteiger partial charge in [-0.2, -0.15) is 0 Å². The highest BCUT2D eigenvalue weighted by Gasteiger charge is 2.14. The summed E-state index contributed by atoms with van der Waals surface area (Å²) >= 11 is 0. The lowest BCUT2D eigenvalue weighted by Crippen LogP contribution is -2.18. The van der Waals surface area contributed by atoms with Crippen LogP contribution in [0.25, 0.3) is 49.5 Å². The predicted molar refractivity (Wildman–Crippen MR) is 132 cm³/mol. The fourth-order valence-electron chi connectivity index (χ4n) is 4.36. The molecular weight excluding hydrogens is 429 g/mol. The molecule has 0 fully saturated rings. The Bertz CT molecular complexity index is 1790. The normalized spacial score (nSPS) is 11.4. The lowest BCUT2D eigenvalue weighted by molar-refractivity contribution is 0.386. The maximum atomic E-state index is 14.1. The Kier molecular flexibility index (Phi) is 4.59. The summed E-state index contributed by atoms with van der Waals surface area (Å²) in [6, 6.07) is 23.7. The zero-order valence-electron chi connectivity index (χ0n) is 18.2. The number of pyridine rings is 3. The van der Waals surface area contributed by atoms with Crippen molar-refractivity contribution in [1.29, 1.82) is 0 Å². The molecule has 0 aliphatic carbocycles. The molecule has 0 bridgehead atoms. The van der Waals surface area contributed by atoms with Gasteiger partial charge in [-0.3, -0.25) is 19.3 Å². The summed E-state index contributed by atoms with van der Waals surface area (Å²) in [6.45, 7) is 0. The molecule has 6 aromatic rings. The predicted octanol–water partition coefficient (Wildman–Crippen LogP) is 5.90. The van der Waals surface area contributed by atoms with Crippen LogP contribution in [0.4, 0.5) is 4.39 Å². The molecule has 0 aliphatic heterocycles. The molecule has 5 nitrogen and oxygen atoms in total. The Morgan fingerprint density at radius 2 is 1.65 bits per heavy atom. The first-order valence-corrected chi connectivity index (χ1v) is 10.8. The molecule has 0 spiro atoms. The highest BCUT2D eigenvalue weighted by Crippen LogP contribution is 2.31. The Hall–Kier alpha value is -4.58. The van der Waals surface area contributed by atoms with E-state index >= 15 is 0 Å². The molecule has 0 unspecified atom stereocenters. The van der Waals surface area contributed by atoms with Crippen molar-refractivity contribution in [1.82, 2.24) is 14.5 Å². The number of halogens is 1. The quantitative estimate of drug-likeness (QED) is 0.317. The first-order valence-electron chi connectivity index (χ1n) is 10.8. The molecule has 6 heteroatoms. The largest absolute Gasteiger partial charge is 0.494 e. The van der Waals surface area contributed by atoms with Gasteiger partial charge in [-0.15, -0.1) is 0 Å². The van der Waals surface area contributed by atoms with Gasteiger partial charge in [-0.25, -0.2) is 4.39 Å². The van der Waals surface area contributed by atoms with Crippen LogP contribution in [0.3, 0.4) is 0 Å². The van der Waals surface area contributed by atoms with Crippen LogP contribution in [0.15, 0.2) is 96.1 Å². The lowest BCUT2D eigenvalue weighted by atomic mass is 10.0. The number of benzene rings is 3. The number of hydrogen-bond acceptors (Lipinski definition) is 4. The molecular formula is C28H18FN3O2. The van der Waals surface area contributed by atoms with Crippen molar-refractivity contribution in [2.45, 2.75) is 0 Å². The fraction of sp³-hybridized carbons (Fsp3) is 0.0357. The van der Waals surface area contributed by atoms with E-state index in [-0.39, 0.29) is 11.3 Å². The molecule has 164 valence electrons. The van der Waals surface area contributed by atoms with Crippen LogP contribution in [0.2, 0.25) is 0 Å². The third-order valence-electron chi connectivity index (χ3n) is 6.03. The average Bonchev–Trinajstić information content (AvgIpc) is 2.88. The molecule has 3 aromatic heterocycles. The van der Waals surface area contributed by atoms with Gasteiger partial charge >= 0.3 is 0 Å². The number of para-hydroxylation sites is 1. The van der Waals surface area contributed by atoms with Gasteiger partial charge in [0.15, 0.2) is 11.6 Å². The summed E-state index contributed by atoms with van der Waals surface area (Å²) in [7, 11) is 1.40. The topological polar surface area (TPSA) is 57.0 Å². The zero-order chi connectivity index (χ0) is 23.2. The van der Waals surface area contributed by atoms with E-state index in [1.54, 1.807) is 22.9 Å². The second-order valence-electron chi connectivity index (χ2n) is 8.04. The van der Waals surface area contributed by atoms with Crippen molar-refractivity contribution in [2.75, 3.05) is 7.11 Å². The van der Waals surface area contributed by atoms with Gasteiger partial charge in [0.25, 0.3) is 5.56 Å². The number of nitrogens with zero attached hydrogens (tertiary/aromatic N) is 3. The first-order chi connectivity index (χ1) is 16.6. The van der Waals surface area contributed by atoms with E-state index in [4.69, 9.17) is 4.74 Å². The van der Waals surface area contributed by atoms with Gasteiger partial charge in [0.05, 0.1) is 29.3 Å². The molecule has 34 heavy (non-hydrogen) atoms. The second-order valence-corrected chi connectivity index (χ2v) is 8.04. The number of fused-ring (bicyclic) bond motifs is 4. The van der Waals surface area contributed by atoms with Crippen molar-refractivity contribution in [3.63, 3.8) is 0 Å². The monoisotopic (exact) mass is 447 g/mol. The zero-order valence-corrected chi connectivity index (χ0v) is 18.2. The number of methoxy groups -OCH3 is 1. The minimum Gasteiger partial charge on any atom is -0.494 e. The lowest BCUT2D eigenvalue weighted by Gasteiger charge is -2.14. The summed E-state index contributed by atoms with van der Waals surface area (Å²) in [6.07, 6.45) is 3.59. The van der Waals surface area contributed by atoms with E-state index in [1.165, 1.54) is 25.3 Å². The van der Waals surface area contributed by atoms with Crippen molar-refractivity contribution in [3.05, 3.63) is 107 Å². The van der Waals surface area contributed by atoms with E-state index < -0.39 is 5.82 Å². The van der Waals surface area contributed by atoms with Crippen molar-refractivity contribution in [3.8, 4) is 22.6 Å². The fourth-order valence-corrected chi connectivity index (χ4v) is 4.36. The van der Waals surface area contributed by atoms with Crippen LogP contribution in [0.1, 0.15) is 0 Å². The van der Waals surface area contributed by atoms with Gasteiger partial charge in [0.1, 0.15) is 0 Å². The average molecular weight is 447 g/mol. The number of aromatic nitrogens is 3. The van der Waals surface area contributed by atoms with Crippen LogP contribution in [0.5, 0.6) is 5.75 Å². The molecule has 3 aromatic carbocycles. The Morgan fingerprint density at radius 3 is 2.53 bits per heavy atom.